The summed E-state index contributed by atoms with van der Waals surface area (Å²) >= 11 is 0. The van der Waals surface area contributed by atoms with Crippen LogP contribution in [0.25, 0.3) is 0 Å². The van der Waals surface area contributed by atoms with Crippen molar-refractivity contribution >= 4 is 5.69 Å². The molecule has 0 bridgehead atoms. The fourth-order valence-corrected chi connectivity index (χ4v) is 3.18. The topological polar surface area (TPSA) is 48.7 Å². The van der Waals surface area contributed by atoms with E-state index in [2.05, 4.69) is 41.0 Å². The lowest BCUT2D eigenvalue weighted by Crippen LogP contribution is -2.46. The number of pyridine rings is 1. The van der Waals surface area contributed by atoms with Crippen molar-refractivity contribution < 1.29 is 5.11 Å². The molecule has 0 atom stereocenters. The Morgan fingerprint density at radius 2 is 1.88 bits per heavy atom. The van der Waals surface area contributed by atoms with Crippen molar-refractivity contribution in [1.82, 2.24) is 9.47 Å². The molecule has 1 aliphatic rings. The van der Waals surface area contributed by atoms with Gasteiger partial charge in [0, 0.05) is 63.4 Å². The van der Waals surface area contributed by atoms with Gasteiger partial charge in [0.1, 0.15) is 0 Å². The standard InChI is InChI=1S/C19H25N3O2/c1-3-15-5-4-6-16(11-15)22-9-7-21(8-10-22)13-17-12-18(23)19(24)14-20(17)2/h4-6,11-12,14,24H,3,7-10,13H2,1-2H3. The van der Waals surface area contributed by atoms with Gasteiger partial charge in [-0.25, -0.2) is 0 Å². The Kier molecular flexibility index (Phi) is 4.90. The molecule has 1 aromatic carbocycles. The van der Waals surface area contributed by atoms with Crippen LogP contribution in [0.15, 0.2) is 41.3 Å². The summed E-state index contributed by atoms with van der Waals surface area (Å²) in [6.45, 7) is 6.81. The Morgan fingerprint density at radius 3 is 2.58 bits per heavy atom. The molecule has 1 saturated heterocycles. The molecule has 24 heavy (non-hydrogen) atoms. The predicted octanol–water partition coefficient (Wildman–Crippen LogP) is 1.98. The van der Waals surface area contributed by atoms with E-state index < -0.39 is 0 Å². The van der Waals surface area contributed by atoms with Crippen molar-refractivity contribution in [1.29, 1.82) is 0 Å². The Bertz CT molecular complexity index is 761. The van der Waals surface area contributed by atoms with Crippen molar-refractivity contribution in [2.24, 2.45) is 7.05 Å². The van der Waals surface area contributed by atoms with E-state index in [1.54, 1.807) is 0 Å². The van der Waals surface area contributed by atoms with E-state index in [4.69, 9.17) is 0 Å². The quantitative estimate of drug-likeness (QED) is 0.933. The second-order valence-electron chi connectivity index (χ2n) is 6.41. The predicted molar refractivity (Wildman–Crippen MR) is 96.7 cm³/mol. The molecular weight excluding hydrogens is 302 g/mol. The van der Waals surface area contributed by atoms with Gasteiger partial charge in [-0.3, -0.25) is 9.69 Å². The maximum absolute atomic E-state index is 11.6. The molecule has 128 valence electrons. The van der Waals surface area contributed by atoms with E-state index in [9.17, 15) is 9.90 Å². The van der Waals surface area contributed by atoms with Crippen molar-refractivity contribution in [3.63, 3.8) is 0 Å². The SMILES string of the molecule is CCc1cccc(N2CCN(Cc3cc(=O)c(O)cn3C)CC2)c1. The highest BCUT2D eigenvalue weighted by Crippen LogP contribution is 2.19. The van der Waals surface area contributed by atoms with Gasteiger partial charge in [0.2, 0.25) is 5.43 Å². The lowest BCUT2D eigenvalue weighted by molar-refractivity contribution is 0.244. The molecule has 5 heteroatoms. The molecule has 1 aromatic heterocycles. The molecule has 1 aliphatic heterocycles. The van der Waals surface area contributed by atoms with Gasteiger partial charge in [-0.1, -0.05) is 19.1 Å². The third-order valence-electron chi connectivity index (χ3n) is 4.76. The summed E-state index contributed by atoms with van der Waals surface area (Å²) in [6.07, 6.45) is 2.55. The number of rotatable bonds is 4. The number of piperazine rings is 1. The molecule has 0 saturated carbocycles. The van der Waals surface area contributed by atoms with Crippen molar-refractivity contribution in [2.45, 2.75) is 19.9 Å². The maximum atomic E-state index is 11.6. The normalized spacial score (nSPS) is 15.7. The molecule has 2 heterocycles. The summed E-state index contributed by atoms with van der Waals surface area (Å²) < 4.78 is 1.83. The van der Waals surface area contributed by atoms with E-state index in [0.29, 0.717) is 0 Å². The Hall–Kier alpha value is -2.27. The lowest BCUT2D eigenvalue weighted by atomic mass is 10.1. The van der Waals surface area contributed by atoms with Gasteiger partial charge in [0.05, 0.1) is 0 Å². The van der Waals surface area contributed by atoms with Crippen molar-refractivity contribution in [3.8, 4) is 5.75 Å². The van der Waals surface area contributed by atoms with Crippen LogP contribution < -0.4 is 10.3 Å². The summed E-state index contributed by atoms with van der Waals surface area (Å²) in [5.74, 6) is -0.193. The molecule has 1 N–H and O–H groups in total. The van der Waals surface area contributed by atoms with Gasteiger partial charge in [0.15, 0.2) is 5.75 Å². The Balaban J connectivity index is 1.63. The number of aromatic nitrogens is 1. The summed E-state index contributed by atoms with van der Waals surface area (Å²) in [4.78, 5) is 16.4. The minimum absolute atomic E-state index is 0.193. The Morgan fingerprint density at radius 1 is 1.12 bits per heavy atom. The van der Waals surface area contributed by atoms with Crippen LogP contribution in [0.1, 0.15) is 18.2 Å². The van der Waals surface area contributed by atoms with Gasteiger partial charge in [-0.05, 0) is 24.1 Å². The van der Waals surface area contributed by atoms with E-state index >= 15 is 0 Å². The van der Waals surface area contributed by atoms with Crippen molar-refractivity contribution in [3.05, 3.63) is 58.0 Å². The Labute approximate surface area is 142 Å². The molecule has 1 fully saturated rings. The first-order valence-electron chi connectivity index (χ1n) is 8.51. The average Bonchev–Trinajstić information content (AvgIpc) is 2.60. The minimum Gasteiger partial charge on any atom is -0.503 e. The summed E-state index contributed by atoms with van der Waals surface area (Å²) in [5, 5.41) is 9.48. The highest BCUT2D eigenvalue weighted by molar-refractivity contribution is 5.49. The molecule has 2 aromatic rings. The number of nitrogens with zero attached hydrogens (tertiary/aromatic N) is 3. The van der Waals surface area contributed by atoms with Gasteiger partial charge in [-0.2, -0.15) is 0 Å². The van der Waals surface area contributed by atoms with Gasteiger partial charge in [0.25, 0.3) is 0 Å². The van der Waals surface area contributed by atoms with Crippen LogP contribution in [0.3, 0.4) is 0 Å². The minimum atomic E-state index is -0.307. The number of anilines is 1. The number of aromatic hydroxyl groups is 1. The van der Waals surface area contributed by atoms with Crippen LogP contribution >= 0.6 is 0 Å². The lowest BCUT2D eigenvalue weighted by Gasteiger charge is -2.36. The summed E-state index contributed by atoms with van der Waals surface area (Å²) in [5.41, 5.74) is 3.29. The van der Waals surface area contributed by atoms with Crippen molar-refractivity contribution in [2.75, 3.05) is 31.1 Å². The molecule has 0 spiro atoms. The van der Waals surface area contributed by atoms with E-state index in [0.717, 1.165) is 44.8 Å². The third kappa shape index (κ3) is 3.62. The summed E-state index contributed by atoms with van der Waals surface area (Å²) in [7, 11) is 1.86. The first-order valence-corrected chi connectivity index (χ1v) is 8.51. The van der Waals surface area contributed by atoms with E-state index in [-0.39, 0.29) is 11.2 Å². The largest absolute Gasteiger partial charge is 0.503 e. The number of hydrogen-bond donors (Lipinski definition) is 1. The maximum Gasteiger partial charge on any atom is 0.223 e. The molecule has 5 nitrogen and oxygen atoms in total. The highest BCUT2D eigenvalue weighted by atomic mass is 16.3. The molecule has 0 radical (unpaired) electrons. The van der Waals surface area contributed by atoms with E-state index in [1.807, 2.05) is 11.6 Å². The molecule has 0 amide bonds. The van der Waals surface area contributed by atoms with E-state index in [1.165, 1.54) is 23.5 Å². The van der Waals surface area contributed by atoms with Crippen LogP contribution in [-0.4, -0.2) is 40.8 Å². The zero-order valence-corrected chi connectivity index (χ0v) is 14.4. The fraction of sp³-hybridized carbons (Fsp3) is 0.421. The average molecular weight is 327 g/mol. The fourth-order valence-electron chi connectivity index (χ4n) is 3.18. The van der Waals surface area contributed by atoms with Gasteiger partial charge < -0.3 is 14.6 Å². The van der Waals surface area contributed by atoms with Crippen LogP contribution in [0.4, 0.5) is 5.69 Å². The molecule has 3 rings (SSSR count). The number of aryl methyl sites for hydroxylation is 2. The third-order valence-corrected chi connectivity index (χ3v) is 4.76. The highest BCUT2D eigenvalue weighted by Gasteiger charge is 2.18. The molecule has 0 aliphatic carbocycles. The summed E-state index contributed by atoms with van der Waals surface area (Å²) in [6, 6.07) is 10.3. The number of benzene rings is 1. The van der Waals surface area contributed by atoms with Crippen LogP contribution in [0.2, 0.25) is 0 Å². The first-order chi connectivity index (χ1) is 11.6. The molecule has 0 unspecified atom stereocenters. The van der Waals surface area contributed by atoms with Crippen LogP contribution in [0.5, 0.6) is 5.75 Å². The molecular formula is C19H25N3O2. The second-order valence-corrected chi connectivity index (χ2v) is 6.41. The second kappa shape index (κ2) is 7.09. The zero-order valence-electron chi connectivity index (χ0n) is 14.4. The van der Waals surface area contributed by atoms with Crippen LogP contribution in [0, 0.1) is 0 Å². The monoisotopic (exact) mass is 327 g/mol. The zero-order chi connectivity index (χ0) is 17.1. The van der Waals surface area contributed by atoms with Gasteiger partial charge >= 0.3 is 0 Å². The van der Waals surface area contributed by atoms with Crippen LogP contribution in [-0.2, 0) is 20.0 Å². The number of hydrogen-bond acceptors (Lipinski definition) is 4. The van der Waals surface area contributed by atoms with Gasteiger partial charge in [-0.15, -0.1) is 0 Å². The smallest absolute Gasteiger partial charge is 0.223 e. The first kappa shape index (κ1) is 16.6.